The van der Waals surface area contributed by atoms with Gasteiger partial charge in [-0.25, -0.2) is 9.97 Å². The first-order valence-electron chi connectivity index (χ1n) is 13.4. The molecule has 0 fully saturated rings. The number of carbonyl (C=O) groups excluding carboxylic acids is 1. The average molecular weight is 575 g/mol. The van der Waals surface area contributed by atoms with Gasteiger partial charge in [0.1, 0.15) is 0 Å². The SMILES string of the molecule is Cc1cnc(Nc2cc(C)n(C)n2)nc1-c1c[nH]c2c(N3Cc4cccc(N)c4C3=O)cccc12.Sc1ccccc1. The summed E-state index contributed by atoms with van der Waals surface area (Å²) in [7, 11) is 1.89. The maximum absolute atomic E-state index is 13.2. The molecule has 0 saturated heterocycles. The predicted molar refractivity (Wildman–Crippen MR) is 170 cm³/mol. The maximum Gasteiger partial charge on any atom is 0.261 e. The van der Waals surface area contributed by atoms with Crippen molar-refractivity contribution < 1.29 is 4.79 Å². The summed E-state index contributed by atoms with van der Waals surface area (Å²) in [5.74, 6) is 1.07. The summed E-state index contributed by atoms with van der Waals surface area (Å²) in [6, 6.07) is 23.3. The molecule has 4 N–H and O–H groups in total. The molecule has 9 nitrogen and oxygen atoms in total. The van der Waals surface area contributed by atoms with Gasteiger partial charge < -0.3 is 20.9 Å². The van der Waals surface area contributed by atoms with E-state index in [-0.39, 0.29) is 5.91 Å². The number of anilines is 4. The van der Waals surface area contributed by atoms with Crippen molar-refractivity contribution in [2.45, 2.75) is 25.3 Å². The zero-order valence-corrected chi connectivity index (χ0v) is 24.4. The first-order chi connectivity index (χ1) is 20.3. The van der Waals surface area contributed by atoms with E-state index in [9.17, 15) is 4.79 Å². The molecule has 0 radical (unpaired) electrons. The number of nitrogens with one attached hydrogen (secondary N) is 2. The number of aromatic amines is 1. The van der Waals surface area contributed by atoms with Crippen molar-refractivity contribution in [3.05, 3.63) is 108 Å². The third-order valence-corrected chi connectivity index (χ3v) is 7.59. The number of rotatable bonds is 4. The summed E-state index contributed by atoms with van der Waals surface area (Å²) in [5, 5.41) is 8.59. The Hall–Kier alpha value is -5.09. The molecular weight excluding hydrogens is 544 g/mol. The number of aryl methyl sites for hydroxylation is 3. The van der Waals surface area contributed by atoms with Crippen LogP contribution in [0.25, 0.3) is 22.2 Å². The molecule has 1 amide bonds. The minimum Gasteiger partial charge on any atom is -0.398 e. The Morgan fingerprint density at radius 2 is 1.81 bits per heavy atom. The van der Waals surface area contributed by atoms with E-state index in [1.807, 2.05) is 93.8 Å². The molecule has 0 aliphatic carbocycles. The van der Waals surface area contributed by atoms with Crippen molar-refractivity contribution in [3.63, 3.8) is 0 Å². The number of benzene rings is 3. The lowest BCUT2D eigenvalue weighted by atomic mass is 10.1. The van der Waals surface area contributed by atoms with E-state index in [0.717, 1.165) is 49.6 Å². The largest absolute Gasteiger partial charge is 0.398 e. The van der Waals surface area contributed by atoms with Gasteiger partial charge in [-0.2, -0.15) is 5.10 Å². The molecule has 1 aliphatic rings. The Bertz CT molecular complexity index is 1910. The number of carbonyl (C=O) groups is 1. The first kappa shape index (κ1) is 27.1. The van der Waals surface area contributed by atoms with Gasteiger partial charge in [0.05, 0.1) is 29.0 Å². The highest BCUT2D eigenvalue weighted by Gasteiger charge is 2.31. The van der Waals surface area contributed by atoms with Crippen LogP contribution in [-0.2, 0) is 13.6 Å². The van der Waals surface area contributed by atoms with Gasteiger partial charge in [-0.1, -0.05) is 42.5 Å². The van der Waals surface area contributed by atoms with Crippen LogP contribution < -0.4 is 16.0 Å². The van der Waals surface area contributed by atoms with E-state index in [4.69, 9.17) is 10.7 Å². The Labute approximate surface area is 248 Å². The molecule has 6 aromatic rings. The highest BCUT2D eigenvalue weighted by atomic mass is 32.1. The molecule has 10 heteroatoms. The number of H-pyrrole nitrogens is 1. The normalized spacial score (nSPS) is 12.3. The molecular formula is C32H30N8OS. The van der Waals surface area contributed by atoms with Gasteiger partial charge in [0.15, 0.2) is 5.82 Å². The Kier molecular flexibility index (Phi) is 7.13. The van der Waals surface area contributed by atoms with Crippen molar-refractivity contribution >= 4 is 52.6 Å². The molecule has 0 spiro atoms. The van der Waals surface area contributed by atoms with E-state index >= 15 is 0 Å². The Balaban J connectivity index is 0.000000397. The van der Waals surface area contributed by atoms with Crippen LogP contribution in [0.5, 0.6) is 0 Å². The van der Waals surface area contributed by atoms with Gasteiger partial charge in [-0.3, -0.25) is 9.48 Å². The fraction of sp³-hybridized carbons (Fsp3) is 0.125. The summed E-state index contributed by atoms with van der Waals surface area (Å²) < 4.78 is 1.80. The van der Waals surface area contributed by atoms with Crippen molar-refractivity contribution in [1.82, 2.24) is 24.7 Å². The number of thiol groups is 1. The second-order valence-electron chi connectivity index (χ2n) is 10.2. The van der Waals surface area contributed by atoms with Crippen LogP contribution in [0.2, 0.25) is 0 Å². The van der Waals surface area contributed by atoms with E-state index in [1.165, 1.54) is 0 Å². The molecule has 3 aromatic heterocycles. The molecule has 0 bridgehead atoms. The van der Waals surface area contributed by atoms with Gasteiger partial charge in [0.25, 0.3) is 5.91 Å². The topological polar surface area (TPSA) is 118 Å². The second kappa shape index (κ2) is 11.1. The molecule has 4 heterocycles. The van der Waals surface area contributed by atoms with Gasteiger partial charge in [-0.15, -0.1) is 12.6 Å². The first-order valence-corrected chi connectivity index (χ1v) is 13.9. The lowest BCUT2D eigenvalue weighted by molar-refractivity contribution is 0.0997. The number of nitrogen functional groups attached to an aromatic ring is 1. The molecule has 0 saturated carbocycles. The summed E-state index contributed by atoms with van der Waals surface area (Å²) in [5.41, 5.74) is 13.5. The molecule has 0 unspecified atom stereocenters. The number of hydrogen-bond acceptors (Lipinski definition) is 7. The quantitative estimate of drug-likeness (QED) is 0.142. The molecule has 0 atom stereocenters. The van der Waals surface area contributed by atoms with Crippen molar-refractivity contribution in [2.24, 2.45) is 7.05 Å². The highest BCUT2D eigenvalue weighted by molar-refractivity contribution is 7.80. The number of nitrogens with zero attached hydrogens (tertiary/aromatic N) is 5. The summed E-state index contributed by atoms with van der Waals surface area (Å²) in [6.07, 6.45) is 3.73. The number of nitrogens with two attached hydrogens (primary N) is 1. The number of amides is 1. The molecule has 42 heavy (non-hydrogen) atoms. The van der Waals surface area contributed by atoms with Gasteiger partial charge >= 0.3 is 0 Å². The van der Waals surface area contributed by atoms with Crippen LogP contribution >= 0.6 is 12.6 Å². The summed E-state index contributed by atoms with van der Waals surface area (Å²) in [6.45, 7) is 4.45. The van der Waals surface area contributed by atoms with Crippen LogP contribution in [0.1, 0.15) is 27.2 Å². The molecule has 7 rings (SSSR count). The monoisotopic (exact) mass is 574 g/mol. The van der Waals surface area contributed by atoms with E-state index in [1.54, 1.807) is 21.8 Å². The second-order valence-corrected chi connectivity index (χ2v) is 10.7. The van der Waals surface area contributed by atoms with Crippen LogP contribution in [0.4, 0.5) is 23.1 Å². The zero-order chi connectivity index (χ0) is 29.4. The van der Waals surface area contributed by atoms with Crippen LogP contribution in [-0.4, -0.2) is 30.6 Å². The van der Waals surface area contributed by atoms with Gasteiger partial charge in [0.2, 0.25) is 5.95 Å². The standard InChI is InChI=1S/C26H24N8O.C6H6S/c1-14-11-29-26(30-21-10-15(2)33(3)32-21)31-23(14)18-12-28-24-17(18)7-5-9-20(24)34-13-16-6-4-8-19(27)22(16)25(34)35;7-6-4-2-1-3-5-6/h4-12,28H,13,27H2,1-3H3,(H,29,30,31,32);1-5,7H. The van der Waals surface area contributed by atoms with Crippen molar-refractivity contribution in [1.29, 1.82) is 0 Å². The Morgan fingerprint density at radius 3 is 2.50 bits per heavy atom. The third kappa shape index (κ3) is 5.08. The molecule has 210 valence electrons. The fourth-order valence-electron chi connectivity index (χ4n) is 5.08. The Morgan fingerprint density at radius 1 is 1.02 bits per heavy atom. The van der Waals surface area contributed by atoms with Crippen molar-refractivity contribution in [3.8, 4) is 11.3 Å². The summed E-state index contributed by atoms with van der Waals surface area (Å²) in [4.78, 5) is 28.6. The number of fused-ring (bicyclic) bond motifs is 2. The highest BCUT2D eigenvalue weighted by Crippen LogP contribution is 2.38. The van der Waals surface area contributed by atoms with Crippen LogP contribution in [0.3, 0.4) is 0 Å². The van der Waals surface area contributed by atoms with E-state index < -0.39 is 0 Å². The number of hydrogen-bond donors (Lipinski definition) is 4. The summed E-state index contributed by atoms with van der Waals surface area (Å²) >= 11 is 4.08. The lowest BCUT2D eigenvalue weighted by Crippen LogP contribution is -2.23. The minimum atomic E-state index is -0.0860. The smallest absolute Gasteiger partial charge is 0.261 e. The average Bonchev–Trinajstić information content (AvgIpc) is 3.65. The predicted octanol–water partition coefficient (Wildman–Crippen LogP) is 6.44. The molecule has 1 aliphatic heterocycles. The van der Waals surface area contributed by atoms with E-state index in [2.05, 4.69) is 33.0 Å². The fourth-order valence-corrected chi connectivity index (χ4v) is 5.25. The van der Waals surface area contributed by atoms with Crippen molar-refractivity contribution in [2.75, 3.05) is 16.0 Å². The maximum atomic E-state index is 13.2. The minimum absolute atomic E-state index is 0.0860. The van der Waals surface area contributed by atoms with Crippen LogP contribution in [0, 0.1) is 13.8 Å². The van der Waals surface area contributed by atoms with Gasteiger partial charge in [-0.05, 0) is 49.2 Å². The van der Waals surface area contributed by atoms with Crippen LogP contribution in [0.15, 0.2) is 90.1 Å². The van der Waals surface area contributed by atoms with E-state index in [0.29, 0.717) is 29.6 Å². The lowest BCUT2D eigenvalue weighted by Gasteiger charge is -2.17. The third-order valence-electron chi connectivity index (χ3n) is 7.29. The van der Waals surface area contributed by atoms with Gasteiger partial charge in [0, 0.05) is 52.7 Å². The zero-order valence-electron chi connectivity index (χ0n) is 23.5. The molecule has 3 aromatic carbocycles. The number of aromatic nitrogens is 5. The number of para-hydroxylation sites is 1.